The second kappa shape index (κ2) is 10.4. The summed E-state index contributed by atoms with van der Waals surface area (Å²) >= 11 is 1.21. The van der Waals surface area contributed by atoms with E-state index in [2.05, 4.69) is 20.3 Å². The second-order valence-electron chi connectivity index (χ2n) is 6.44. The number of anilines is 1. The number of carbonyl (C=O) groups is 3. The highest BCUT2D eigenvalue weighted by Gasteiger charge is 2.16. The Hall–Kier alpha value is -3.60. The largest absolute Gasteiger partial charge is 0.467 e. The molecule has 0 aliphatic rings. The molecule has 0 saturated heterocycles. The number of hydrogen-bond acceptors (Lipinski definition) is 8. The number of furan rings is 1. The molecule has 31 heavy (non-hydrogen) atoms. The van der Waals surface area contributed by atoms with Gasteiger partial charge in [-0.25, -0.2) is 4.79 Å². The Bertz CT molecular complexity index is 1050. The maximum Gasteiger partial charge on any atom is 0.337 e. The van der Waals surface area contributed by atoms with Gasteiger partial charge in [-0.05, 0) is 36.4 Å². The summed E-state index contributed by atoms with van der Waals surface area (Å²) in [6.07, 6.45) is 2.04. The van der Waals surface area contributed by atoms with Crippen LogP contribution in [0.2, 0.25) is 0 Å². The summed E-state index contributed by atoms with van der Waals surface area (Å²) in [7, 11) is 1.30. The van der Waals surface area contributed by atoms with E-state index in [-0.39, 0.29) is 18.1 Å². The third kappa shape index (κ3) is 6.19. The van der Waals surface area contributed by atoms with Gasteiger partial charge < -0.3 is 20.2 Å². The number of aryl methyl sites for hydroxylation is 1. The molecule has 162 valence electrons. The van der Waals surface area contributed by atoms with Crippen molar-refractivity contribution in [2.75, 3.05) is 18.2 Å². The highest BCUT2D eigenvalue weighted by molar-refractivity contribution is 7.99. The van der Waals surface area contributed by atoms with E-state index >= 15 is 0 Å². The fourth-order valence-corrected chi connectivity index (χ4v) is 3.45. The number of esters is 1. The van der Waals surface area contributed by atoms with Gasteiger partial charge in [-0.1, -0.05) is 11.8 Å². The van der Waals surface area contributed by atoms with Crippen LogP contribution in [0, 0.1) is 0 Å². The van der Waals surface area contributed by atoms with Gasteiger partial charge in [-0.3, -0.25) is 14.2 Å². The lowest BCUT2D eigenvalue weighted by Crippen LogP contribution is -2.16. The van der Waals surface area contributed by atoms with E-state index in [1.807, 2.05) is 6.07 Å². The summed E-state index contributed by atoms with van der Waals surface area (Å²) < 4.78 is 11.8. The molecule has 10 nitrogen and oxygen atoms in total. The van der Waals surface area contributed by atoms with Crippen LogP contribution in [0.5, 0.6) is 0 Å². The summed E-state index contributed by atoms with van der Waals surface area (Å²) in [6, 6.07) is 9.97. The van der Waals surface area contributed by atoms with Crippen LogP contribution in [0.4, 0.5) is 5.69 Å². The van der Waals surface area contributed by atoms with Gasteiger partial charge >= 0.3 is 5.97 Å². The molecule has 0 atom stereocenters. The van der Waals surface area contributed by atoms with E-state index in [1.165, 1.54) is 18.9 Å². The Balaban J connectivity index is 1.63. The number of thioether (sulfide) groups is 1. The number of amides is 2. The molecule has 2 aromatic heterocycles. The molecule has 0 spiro atoms. The fraction of sp³-hybridized carbons (Fsp3) is 0.250. The number of methoxy groups -OCH3 is 1. The first-order valence-corrected chi connectivity index (χ1v) is 10.3. The molecule has 0 unspecified atom stereocenters. The van der Waals surface area contributed by atoms with E-state index in [9.17, 15) is 14.4 Å². The highest BCUT2D eigenvalue weighted by atomic mass is 32.2. The van der Waals surface area contributed by atoms with Crippen molar-refractivity contribution in [1.29, 1.82) is 0 Å². The standard InChI is InChI=1S/C20H21N5O5S/c1-29-19(28)13-4-6-14(7-5-13)22-18(27)12-31-20-24-23-17(9-8-16(21)26)25(20)11-15-3-2-10-30-15/h2-7,10H,8-9,11-12H2,1H3,(H2,21,26)(H,22,27). The summed E-state index contributed by atoms with van der Waals surface area (Å²) in [5.74, 6) is 0.233. The van der Waals surface area contributed by atoms with Crippen LogP contribution in [0.3, 0.4) is 0 Å². The van der Waals surface area contributed by atoms with Crippen molar-refractivity contribution in [2.24, 2.45) is 5.73 Å². The zero-order valence-corrected chi connectivity index (χ0v) is 17.6. The minimum absolute atomic E-state index is 0.0882. The van der Waals surface area contributed by atoms with Crippen LogP contribution in [0.25, 0.3) is 0 Å². The Kier molecular flexibility index (Phi) is 7.44. The Labute approximate surface area is 182 Å². The molecule has 2 heterocycles. The second-order valence-corrected chi connectivity index (χ2v) is 7.38. The quantitative estimate of drug-likeness (QED) is 0.357. The summed E-state index contributed by atoms with van der Waals surface area (Å²) in [4.78, 5) is 35.0. The molecular weight excluding hydrogens is 422 g/mol. The Morgan fingerprint density at radius 2 is 1.97 bits per heavy atom. The number of nitrogens with two attached hydrogens (primary N) is 1. The third-order valence-electron chi connectivity index (χ3n) is 4.20. The van der Waals surface area contributed by atoms with E-state index in [1.54, 1.807) is 41.2 Å². The van der Waals surface area contributed by atoms with Crippen LogP contribution >= 0.6 is 11.8 Å². The third-order valence-corrected chi connectivity index (χ3v) is 5.17. The van der Waals surface area contributed by atoms with Crippen LogP contribution in [0.15, 0.2) is 52.2 Å². The molecule has 3 aromatic rings. The molecule has 1 aromatic carbocycles. The monoisotopic (exact) mass is 443 g/mol. The minimum Gasteiger partial charge on any atom is -0.467 e. The number of ether oxygens (including phenoxy) is 1. The van der Waals surface area contributed by atoms with Crippen LogP contribution in [-0.4, -0.2) is 45.4 Å². The predicted octanol–water partition coefficient (Wildman–Crippen LogP) is 1.85. The molecular formula is C20H21N5O5S. The van der Waals surface area contributed by atoms with E-state index in [4.69, 9.17) is 10.2 Å². The van der Waals surface area contributed by atoms with Crippen molar-refractivity contribution in [3.63, 3.8) is 0 Å². The average Bonchev–Trinajstić information content (AvgIpc) is 3.41. The lowest BCUT2D eigenvalue weighted by atomic mass is 10.2. The summed E-state index contributed by atoms with van der Waals surface area (Å²) in [5, 5.41) is 11.6. The molecule has 0 radical (unpaired) electrons. The number of hydrogen-bond donors (Lipinski definition) is 2. The van der Waals surface area contributed by atoms with Gasteiger partial charge in [0.05, 0.1) is 31.2 Å². The lowest BCUT2D eigenvalue weighted by molar-refractivity contribution is -0.118. The molecule has 0 aliphatic heterocycles. The van der Waals surface area contributed by atoms with Crippen molar-refractivity contribution in [2.45, 2.75) is 24.5 Å². The first-order chi connectivity index (χ1) is 15.0. The zero-order valence-electron chi connectivity index (χ0n) is 16.7. The van der Waals surface area contributed by atoms with Crippen molar-refractivity contribution in [1.82, 2.24) is 14.8 Å². The predicted molar refractivity (Wildman–Crippen MR) is 112 cm³/mol. The summed E-state index contributed by atoms with van der Waals surface area (Å²) in [6.45, 7) is 0.368. The highest BCUT2D eigenvalue weighted by Crippen LogP contribution is 2.20. The minimum atomic E-state index is -0.448. The van der Waals surface area contributed by atoms with Gasteiger partial charge in [-0.2, -0.15) is 0 Å². The molecule has 11 heteroatoms. The van der Waals surface area contributed by atoms with Crippen molar-refractivity contribution >= 4 is 35.2 Å². The molecule has 0 saturated carbocycles. The van der Waals surface area contributed by atoms with Gasteiger partial charge in [-0.15, -0.1) is 10.2 Å². The Morgan fingerprint density at radius 1 is 1.19 bits per heavy atom. The van der Waals surface area contributed by atoms with E-state index in [0.29, 0.717) is 41.0 Å². The van der Waals surface area contributed by atoms with Gasteiger partial charge in [0, 0.05) is 18.5 Å². The molecule has 3 rings (SSSR count). The van der Waals surface area contributed by atoms with E-state index < -0.39 is 11.9 Å². The molecule has 0 bridgehead atoms. The normalized spacial score (nSPS) is 10.6. The number of nitrogens with one attached hydrogen (secondary N) is 1. The average molecular weight is 443 g/mol. The number of rotatable bonds is 10. The first kappa shape index (κ1) is 22.1. The Morgan fingerprint density at radius 3 is 2.61 bits per heavy atom. The molecule has 2 amide bonds. The number of primary amides is 1. The van der Waals surface area contributed by atoms with Crippen molar-refractivity contribution < 1.29 is 23.5 Å². The molecule has 3 N–H and O–H groups in total. The number of aromatic nitrogens is 3. The fourth-order valence-electron chi connectivity index (χ4n) is 2.70. The maximum absolute atomic E-state index is 12.4. The smallest absolute Gasteiger partial charge is 0.337 e. The van der Waals surface area contributed by atoms with Crippen LogP contribution in [-0.2, 0) is 27.3 Å². The topological polar surface area (TPSA) is 142 Å². The SMILES string of the molecule is COC(=O)c1ccc(NC(=O)CSc2nnc(CCC(N)=O)n2Cc2ccco2)cc1. The van der Waals surface area contributed by atoms with Gasteiger partial charge in [0.15, 0.2) is 5.16 Å². The number of benzene rings is 1. The summed E-state index contributed by atoms with van der Waals surface area (Å²) in [5.41, 5.74) is 6.19. The van der Waals surface area contributed by atoms with Crippen molar-refractivity contribution in [3.05, 3.63) is 59.8 Å². The van der Waals surface area contributed by atoms with Crippen molar-refractivity contribution in [3.8, 4) is 0 Å². The van der Waals surface area contributed by atoms with Gasteiger partial charge in [0.1, 0.15) is 11.6 Å². The van der Waals surface area contributed by atoms with Crippen LogP contribution in [0.1, 0.15) is 28.4 Å². The number of nitrogens with zero attached hydrogens (tertiary/aromatic N) is 3. The zero-order chi connectivity index (χ0) is 22.2. The van der Waals surface area contributed by atoms with Gasteiger partial charge in [0.2, 0.25) is 11.8 Å². The van der Waals surface area contributed by atoms with Gasteiger partial charge in [0.25, 0.3) is 0 Å². The van der Waals surface area contributed by atoms with Crippen LogP contribution < -0.4 is 11.1 Å². The first-order valence-electron chi connectivity index (χ1n) is 9.30. The molecule has 0 aliphatic carbocycles. The van der Waals surface area contributed by atoms with E-state index in [0.717, 1.165) is 0 Å². The maximum atomic E-state index is 12.4. The lowest BCUT2D eigenvalue weighted by Gasteiger charge is -2.09. The number of carbonyl (C=O) groups excluding carboxylic acids is 3. The molecule has 0 fully saturated rings.